The van der Waals surface area contributed by atoms with Gasteiger partial charge < -0.3 is 13.7 Å². The van der Waals surface area contributed by atoms with E-state index in [0.29, 0.717) is 0 Å². The molecule has 3 aromatic heterocycles. The summed E-state index contributed by atoms with van der Waals surface area (Å²) in [6.07, 6.45) is 0. The average Bonchev–Trinajstić information content (AvgIpc) is 3.80. The minimum absolute atomic E-state index is 1.15. The van der Waals surface area contributed by atoms with Crippen molar-refractivity contribution < 1.29 is 0 Å². The fourth-order valence-corrected chi connectivity index (χ4v) is 8.39. The first-order valence-corrected chi connectivity index (χ1v) is 16.9. The molecule has 0 aliphatic carbocycles. The van der Waals surface area contributed by atoms with Gasteiger partial charge in [-0.15, -0.1) is 0 Å². The summed E-state index contributed by atoms with van der Waals surface area (Å²) < 4.78 is 7.38. The molecule has 11 rings (SSSR count). The van der Waals surface area contributed by atoms with Crippen LogP contribution >= 0.6 is 0 Å². The number of hydrogen-bond acceptors (Lipinski definition) is 0. The van der Waals surface area contributed by atoms with E-state index in [1.807, 2.05) is 0 Å². The highest BCUT2D eigenvalue weighted by molar-refractivity contribution is 6.25. The van der Waals surface area contributed by atoms with Gasteiger partial charge in [-0.25, -0.2) is 0 Å². The van der Waals surface area contributed by atoms with Gasteiger partial charge in [-0.2, -0.15) is 0 Å². The summed E-state index contributed by atoms with van der Waals surface area (Å²) in [4.78, 5) is 0. The summed E-state index contributed by atoms with van der Waals surface area (Å²) in [5.41, 5.74) is 10.7. The third kappa shape index (κ3) is 3.62. The quantitative estimate of drug-likeness (QED) is 0.186. The second kappa shape index (κ2) is 9.96. The number of benzene rings is 8. The van der Waals surface area contributed by atoms with Crippen LogP contribution in [0.1, 0.15) is 0 Å². The molecule has 49 heavy (non-hydrogen) atoms. The molecule has 11 aromatic rings. The molecule has 0 bridgehead atoms. The van der Waals surface area contributed by atoms with Gasteiger partial charge in [-0.3, -0.25) is 0 Å². The van der Waals surface area contributed by atoms with E-state index in [4.69, 9.17) is 0 Å². The number of rotatable bonds is 3. The number of aromatic nitrogens is 3. The maximum atomic E-state index is 2.50. The Morgan fingerprint density at radius 1 is 0.286 bits per heavy atom. The van der Waals surface area contributed by atoms with Gasteiger partial charge in [-0.05, 0) is 71.4 Å². The molecule has 3 nitrogen and oxygen atoms in total. The molecule has 0 spiro atoms. The predicted octanol–water partition coefficient (Wildman–Crippen LogP) is 12.1. The van der Waals surface area contributed by atoms with E-state index in [2.05, 4.69) is 190 Å². The van der Waals surface area contributed by atoms with Crippen molar-refractivity contribution in [3.8, 4) is 17.1 Å². The third-order valence-electron chi connectivity index (χ3n) is 10.4. The molecule has 228 valence electrons. The summed E-state index contributed by atoms with van der Waals surface area (Å²) in [6.45, 7) is 0. The van der Waals surface area contributed by atoms with Crippen LogP contribution in [0.4, 0.5) is 0 Å². The molecule has 0 saturated heterocycles. The smallest absolute Gasteiger partial charge is 0.0782 e. The zero-order valence-corrected chi connectivity index (χ0v) is 26.6. The molecule has 8 aromatic carbocycles. The summed E-state index contributed by atoms with van der Waals surface area (Å²) in [5, 5.41) is 10.0. The van der Waals surface area contributed by atoms with Crippen LogP contribution in [0.15, 0.2) is 176 Å². The van der Waals surface area contributed by atoms with Gasteiger partial charge in [0.1, 0.15) is 0 Å². The van der Waals surface area contributed by atoms with Gasteiger partial charge in [0.15, 0.2) is 0 Å². The van der Waals surface area contributed by atoms with E-state index in [1.54, 1.807) is 0 Å². The topological polar surface area (TPSA) is 14.8 Å². The molecule has 0 saturated carbocycles. The highest BCUT2D eigenvalue weighted by Crippen LogP contribution is 2.43. The lowest BCUT2D eigenvalue weighted by molar-refractivity contribution is 1.13. The molecule has 3 heterocycles. The Bertz CT molecular complexity index is 3090. The first kappa shape index (κ1) is 26.5. The Balaban J connectivity index is 1.35. The second-order valence-corrected chi connectivity index (χ2v) is 13.0. The van der Waals surface area contributed by atoms with Crippen molar-refractivity contribution in [3.63, 3.8) is 0 Å². The van der Waals surface area contributed by atoms with Crippen LogP contribution in [0.3, 0.4) is 0 Å². The Kier molecular flexibility index (Phi) is 5.38. The normalized spacial score (nSPS) is 12.1. The second-order valence-electron chi connectivity index (χ2n) is 13.0. The molecular formula is C46H29N3. The molecule has 0 atom stereocenters. The lowest BCUT2D eigenvalue weighted by Gasteiger charge is -2.14. The molecule has 0 N–H and O–H groups in total. The Hall–Kier alpha value is -6.58. The van der Waals surface area contributed by atoms with Crippen LogP contribution in [0.5, 0.6) is 0 Å². The Labute approximate surface area is 282 Å². The van der Waals surface area contributed by atoms with Crippen LogP contribution in [0.2, 0.25) is 0 Å². The van der Waals surface area contributed by atoms with Crippen LogP contribution in [-0.4, -0.2) is 13.7 Å². The Morgan fingerprint density at radius 2 is 0.837 bits per heavy atom. The van der Waals surface area contributed by atoms with Crippen LogP contribution in [0.25, 0.3) is 93.3 Å². The Morgan fingerprint density at radius 3 is 1.59 bits per heavy atom. The van der Waals surface area contributed by atoms with Crippen molar-refractivity contribution in [1.29, 1.82) is 0 Å². The lowest BCUT2D eigenvalue weighted by atomic mass is 10.0. The maximum absolute atomic E-state index is 2.50. The van der Waals surface area contributed by atoms with E-state index in [-0.39, 0.29) is 0 Å². The predicted molar refractivity (Wildman–Crippen MR) is 207 cm³/mol. The number of fused-ring (bicyclic) bond motifs is 11. The van der Waals surface area contributed by atoms with Crippen LogP contribution in [0, 0.1) is 0 Å². The third-order valence-corrected chi connectivity index (χ3v) is 10.4. The average molecular weight is 624 g/mol. The first-order valence-electron chi connectivity index (χ1n) is 16.9. The number of nitrogens with zero attached hydrogens (tertiary/aromatic N) is 3. The van der Waals surface area contributed by atoms with Gasteiger partial charge in [0.2, 0.25) is 0 Å². The van der Waals surface area contributed by atoms with Gasteiger partial charge in [0.25, 0.3) is 0 Å². The number of hydrogen-bond donors (Lipinski definition) is 0. The highest BCUT2D eigenvalue weighted by Gasteiger charge is 2.22. The minimum atomic E-state index is 1.15. The first-order chi connectivity index (χ1) is 24.3. The van der Waals surface area contributed by atoms with E-state index in [1.165, 1.54) is 81.9 Å². The largest absolute Gasteiger partial charge is 0.309 e. The zero-order valence-electron chi connectivity index (χ0n) is 26.6. The number of para-hydroxylation sites is 5. The van der Waals surface area contributed by atoms with E-state index in [9.17, 15) is 0 Å². The fraction of sp³-hybridized carbons (Fsp3) is 0. The maximum Gasteiger partial charge on any atom is 0.0782 e. The van der Waals surface area contributed by atoms with Crippen molar-refractivity contribution in [2.45, 2.75) is 0 Å². The lowest BCUT2D eigenvalue weighted by Crippen LogP contribution is -2.00. The van der Waals surface area contributed by atoms with Gasteiger partial charge in [0.05, 0.1) is 38.8 Å². The molecule has 3 heteroatoms. The summed E-state index contributed by atoms with van der Waals surface area (Å²) in [6, 6.07) is 64.2. The zero-order chi connectivity index (χ0) is 32.1. The SMILES string of the molecule is c1ccc(-n2c3cc4c5ccccc5n(-c5cccc6c7ccccc7n(-c7ccccc7)c56)c4cc3c3c4ccccc4ccc32)cc1. The molecule has 0 amide bonds. The fourth-order valence-electron chi connectivity index (χ4n) is 8.39. The summed E-state index contributed by atoms with van der Waals surface area (Å²) in [7, 11) is 0. The minimum Gasteiger partial charge on any atom is -0.309 e. The van der Waals surface area contributed by atoms with Crippen LogP contribution in [-0.2, 0) is 0 Å². The van der Waals surface area contributed by atoms with E-state index < -0.39 is 0 Å². The summed E-state index contributed by atoms with van der Waals surface area (Å²) >= 11 is 0. The van der Waals surface area contributed by atoms with Crippen molar-refractivity contribution in [2.24, 2.45) is 0 Å². The standard InChI is InChI=1S/C46H29N3/c1-3-15-31(16-4-1)47-41-27-26-30-14-7-8-19-33(30)45(41)38-29-43-37(28-44(38)47)35-21-10-12-24-40(35)49(43)42-25-13-22-36-34-20-9-11-23-39(34)48(46(36)42)32-17-5-2-6-18-32/h1-29H. The van der Waals surface area contributed by atoms with Crippen molar-refractivity contribution >= 4 is 76.2 Å². The molecule has 0 radical (unpaired) electrons. The van der Waals surface area contributed by atoms with Crippen molar-refractivity contribution in [3.05, 3.63) is 176 Å². The van der Waals surface area contributed by atoms with Crippen molar-refractivity contribution in [1.82, 2.24) is 13.7 Å². The molecule has 0 aliphatic rings. The highest BCUT2D eigenvalue weighted by atomic mass is 15.1. The monoisotopic (exact) mass is 623 g/mol. The molecule has 0 fully saturated rings. The molecule has 0 unspecified atom stereocenters. The molecule has 0 aliphatic heterocycles. The van der Waals surface area contributed by atoms with Gasteiger partial charge in [-0.1, -0.05) is 115 Å². The van der Waals surface area contributed by atoms with Crippen LogP contribution < -0.4 is 0 Å². The van der Waals surface area contributed by atoms with Gasteiger partial charge in [0, 0.05) is 43.7 Å². The van der Waals surface area contributed by atoms with E-state index >= 15 is 0 Å². The van der Waals surface area contributed by atoms with Crippen molar-refractivity contribution in [2.75, 3.05) is 0 Å². The van der Waals surface area contributed by atoms with Gasteiger partial charge >= 0.3 is 0 Å². The van der Waals surface area contributed by atoms with E-state index in [0.717, 1.165) is 11.4 Å². The summed E-state index contributed by atoms with van der Waals surface area (Å²) in [5.74, 6) is 0. The molecular weight excluding hydrogens is 595 g/mol.